The summed E-state index contributed by atoms with van der Waals surface area (Å²) in [5.41, 5.74) is -2.74. The fourth-order valence-electron chi connectivity index (χ4n) is 7.85. The molecule has 5 rings (SSSR count). The number of alkyl halides is 3. The predicted octanol–water partition coefficient (Wildman–Crippen LogP) is 3.88. The molecule has 1 saturated heterocycles. The Morgan fingerprint density at radius 1 is 1.25 bits per heavy atom. The second-order valence-corrected chi connectivity index (χ2v) is 12.1. The number of fused-ring (bicyclic) bond motifs is 7. The highest BCUT2D eigenvalue weighted by Gasteiger charge is 2.79. The Morgan fingerprint density at radius 2 is 1.94 bits per heavy atom. The number of allylic oxidation sites excluding steroid dienone is 4. The van der Waals surface area contributed by atoms with Crippen LogP contribution in [0.2, 0.25) is 0 Å². The first-order chi connectivity index (χ1) is 14.8. The van der Waals surface area contributed by atoms with Crippen molar-refractivity contribution in [3.8, 4) is 0 Å². The average Bonchev–Trinajstić information content (AvgIpc) is 3.11. The molecule has 5 aliphatic rings. The molecule has 0 aromatic heterocycles. The number of aliphatic hydroxyl groups excluding tert-OH is 1. The Balaban J connectivity index is 1.66. The largest absolute Gasteiger partial charge is 0.388 e. The molecule has 0 spiro atoms. The molecule has 32 heavy (non-hydrogen) atoms. The van der Waals surface area contributed by atoms with Gasteiger partial charge in [0.05, 0.1) is 16.4 Å². The van der Waals surface area contributed by atoms with Gasteiger partial charge in [-0.1, -0.05) is 19.9 Å². The monoisotopic (exact) mass is 486 g/mol. The van der Waals surface area contributed by atoms with E-state index in [1.54, 1.807) is 19.9 Å². The predicted molar refractivity (Wildman–Crippen MR) is 117 cm³/mol. The average molecular weight is 487 g/mol. The van der Waals surface area contributed by atoms with Gasteiger partial charge in [0.2, 0.25) is 0 Å². The minimum Gasteiger partial charge on any atom is -0.388 e. The van der Waals surface area contributed by atoms with Crippen molar-refractivity contribution in [2.45, 2.75) is 80.9 Å². The van der Waals surface area contributed by atoms with Crippen molar-refractivity contribution in [1.82, 2.24) is 0 Å². The normalized spacial score (nSPS) is 53.2. The highest BCUT2D eigenvalue weighted by Crippen LogP contribution is 2.73. The molecule has 1 N–H and O–H groups in total. The molecular formula is C24H29Cl2FO5. The molecule has 0 bridgehead atoms. The maximum Gasteiger partial charge on any atom is 0.193 e. The minimum atomic E-state index is -1.37. The topological polar surface area (TPSA) is 72.8 Å². The van der Waals surface area contributed by atoms with Gasteiger partial charge in [-0.15, -0.1) is 23.2 Å². The lowest BCUT2D eigenvalue weighted by molar-refractivity contribution is -0.213. The van der Waals surface area contributed by atoms with E-state index in [2.05, 4.69) is 0 Å². The van der Waals surface area contributed by atoms with Crippen LogP contribution in [0.25, 0.3) is 0 Å². The lowest BCUT2D eigenvalue weighted by Crippen LogP contribution is -2.69. The summed E-state index contributed by atoms with van der Waals surface area (Å²) in [7, 11) is 0. The van der Waals surface area contributed by atoms with Crippen LogP contribution in [0.4, 0.5) is 4.39 Å². The second kappa shape index (κ2) is 6.66. The first kappa shape index (κ1) is 23.0. The van der Waals surface area contributed by atoms with Crippen molar-refractivity contribution >= 4 is 34.8 Å². The lowest BCUT2D eigenvalue weighted by atomic mass is 9.46. The number of rotatable bonds is 2. The number of ketones is 2. The highest BCUT2D eigenvalue weighted by molar-refractivity contribution is 6.34. The molecule has 1 aliphatic heterocycles. The molecule has 4 aliphatic carbocycles. The van der Waals surface area contributed by atoms with E-state index >= 15 is 4.39 Å². The molecule has 9 atom stereocenters. The van der Waals surface area contributed by atoms with E-state index in [9.17, 15) is 14.7 Å². The second-order valence-electron chi connectivity index (χ2n) is 11.0. The van der Waals surface area contributed by atoms with Gasteiger partial charge >= 0.3 is 0 Å². The summed E-state index contributed by atoms with van der Waals surface area (Å²) in [4.78, 5) is 24.2. The van der Waals surface area contributed by atoms with Crippen LogP contribution in [-0.4, -0.2) is 57.2 Å². The van der Waals surface area contributed by atoms with Crippen molar-refractivity contribution in [3.05, 3.63) is 23.8 Å². The van der Waals surface area contributed by atoms with Gasteiger partial charge in [0.15, 0.2) is 23.0 Å². The fourth-order valence-corrected chi connectivity index (χ4v) is 9.05. The standard InChI is InChI=1S/C24H29Cl2FO5/c1-20(2)31-19-9-13-14-8-16(27)15-7-12(29)5-6-21(15,3)23(14,26)17(25)10-22(13,4)24(19,32-20)18(30)11-28/h5-7,13-14,16-17,19,28H,8-11H2,1-4H3/t13-,14+,16+,17-,19-,21+,22-,23+,24-/m1/s1. The van der Waals surface area contributed by atoms with Gasteiger partial charge < -0.3 is 14.6 Å². The van der Waals surface area contributed by atoms with Crippen LogP contribution in [0, 0.1) is 22.7 Å². The van der Waals surface area contributed by atoms with E-state index in [4.69, 9.17) is 32.7 Å². The van der Waals surface area contributed by atoms with E-state index < -0.39 is 57.1 Å². The van der Waals surface area contributed by atoms with Crippen LogP contribution in [0.15, 0.2) is 23.8 Å². The zero-order chi connectivity index (χ0) is 23.5. The maximum absolute atomic E-state index is 15.6. The zero-order valence-electron chi connectivity index (χ0n) is 18.7. The van der Waals surface area contributed by atoms with E-state index in [1.165, 1.54) is 12.2 Å². The summed E-state index contributed by atoms with van der Waals surface area (Å²) < 4.78 is 28.1. The van der Waals surface area contributed by atoms with Gasteiger partial charge in [0.1, 0.15) is 12.8 Å². The molecule has 0 aromatic carbocycles. The van der Waals surface area contributed by atoms with Crippen molar-refractivity contribution in [2.24, 2.45) is 22.7 Å². The van der Waals surface area contributed by atoms with Crippen molar-refractivity contribution in [2.75, 3.05) is 6.61 Å². The van der Waals surface area contributed by atoms with Gasteiger partial charge in [0, 0.05) is 10.8 Å². The number of Topliss-reactive ketones (excluding diaryl/α,β-unsaturated/α-hetero) is 1. The molecule has 0 aromatic rings. The van der Waals surface area contributed by atoms with Crippen molar-refractivity contribution < 1.29 is 28.6 Å². The molecule has 4 fully saturated rings. The van der Waals surface area contributed by atoms with E-state index in [1.807, 2.05) is 13.8 Å². The summed E-state index contributed by atoms with van der Waals surface area (Å²) in [5.74, 6) is -2.28. The molecule has 8 heteroatoms. The molecule has 1 heterocycles. The molecular weight excluding hydrogens is 458 g/mol. The van der Waals surface area contributed by atoms with Crippen LogP contribution in [0.5, 0.6) is 0 Å². The van der Waals surface area contributed by atoms with Crippen LogP contribution < -0.4 is 0 Å². The van der Waals surface area contributed by atoms with Gasteiger partial charge in [-0.2, -0.15) is 0 Å². The number of carbonyl (C=O) groups is 2. The number of halogens is 3. The Hall–Kier alpha value is -0.790. The van der Waals surface area contributed by atoms with E-state index in [0.717, 1.165) is 0 Å². The number of carbonyl (C=O) groups excluding carboxylic acids is 2. The highest BCUT2D eigenvalue weighted by atomic mass is 35.5. The summed E-state index contributed by atoms with van der Waals surface area (Å²) in [6.45, 7) is 6.63. The van der Waals surface area contributed by atoms with Crippen molar-refractivity contribution in [1.29, 1.82) is 0 Å². The number of aliphatic hydroxyl groups is 1. The van der Waals surface area contributed by atoms with Gasteiger partial charge in [-0.3, -0.25) is 9.59 Å². The Kier molecular flexibility index (Phi) is 4.78. The van der Waals surface area contributed by atoms with Crippen molar-refractivity contribution in [3.63, 3.8) is 0 Å². The first-order valence-corrected chi connectivity index (χ1v) is 12.0. The Bertz CT molecular complexity index is 964. The third-order valence-electron chi connectivity index (χ3n) is 9.14. The minimum absolute atomic E-state index is 0.106. The van der Waals surface area contributed by atoms with Gasteiger partial charge in [-0.05, 0) is 62.7 Å². The number of hydrogen-bond acceptors (Lipinski definition) is 5. The molecule has 5 nitrogen and oxygen atoms in total. The van der Waals surface area contributed by atoms with Crippen LogP contribution in [-0.2, 0) is 19.1 Å². The summed E-state index contributed by atoms with van der Waals surface area (Å²) in [6, 6.07) is 0. The number of hydrogen-bond donors (Lipinski definition) is 1. The maximum atomic E-state index is 15.6. The fraction of sp³-hybridized carbons (Fsp3) is 0.750. The summed E-state index contributed by atoms with van der Waals surface area (Å²) in [6.07, 6.45) is 3.47. The van der Waals surface area contributed by atoms with E-state index in [0.29, 0.717) is 18.4 Å². The van der Waals surface area contributed by atoms with Crippen LogP contribution in [0.3, 0.4) is 0 Å². The van der Waals surface area contributed by atoms with E-state index in [-0.39, 0.29) is 24.0 Å². The smallest absolute Gasteiger partial charge is 0.193 e. The Labute approximate surface area is 197 Å². The third kappa shape index (κ3) is 2.46. The van der Waals surface area contributed by atoms with Gasteiger partial charge in [0.25, 0.3) is 0 Å². The Morgan fingerprint density at radius 3 is 2.59 bits per heavy atom. The SMILES string of the molecule is CC1(C)O[C@@H]2C[C@@H]3[C@@H]4C[C@H](F)C5=CC(=O)C=C[C@]5(C)[C@@]4(Cl)[C@H](Cl)C[C@@]3(C)[C@]2(C(=O)CO)O1. The van der Waals surface area contributed by atoms with Crippen LogP contribution in [0.1, 0.15) is 47.0 Å². The lowest BCUT2D eigenvalue weighted by Gasteiger charge is -2.64. The third-order valence-corrected chi connectivity index (χ3v) is 10.7. The first-order valence-electron chi connectivity index (χ1n) is 11.2. The molecule has 176 valence electrons. The van der Waals surface area contributed by atoms with Gasteiger partial charge in [-0.25, -0.2) is 4.39 Å². The molecule has 0 unspecified atom stereocenters. The molecule has 3 saturated carbocycles. The molecule has 0 amide bonds. The quantitative estimate of drug-likeness (QED) is 0.599. The van der Waals surface area contributed by atoms with Crippen LogP contribution >= 0.6 is 23.2 Å². The summed E-state index contributed by atoms with van der Waals surface area (Å²) >= 11 is 14.5. The summed E-state index contributed by atoms with van der Waals surface area (Å²) in [5, 5.41) is 9.24. The number of ether oxygens (including phenoxy) is 2. The molecule has 0 radical (unpaired) electrons. The zero-order valence-corrected chi connectivity index (χ0v) is 20.2.